The summed E-state index contributed by atoms with van der Waals surface area (Å²) >= 11 is 0. The highest BCUT2D eigenvalue weighted by Gasteiger charge is 2.28. The van der Waals surface area contributed by atoms with E-state index in [9.17, 15) is 4.79 Å². The number of hydrogen-bond donors (Lipinski definition) is 1. The van der Waals surface area contributed by atoms with Crippen molar-refractivity contribution in [2.24, 2.45) is 0 Å². The van der Waals surface area contributed by atoms with Crippen LogP contribution in [0.5, 0.6) is 0 Å². The first kappa shape index (κ1) is 15.6. The summed E-state index contributed by atoms with van der Waals surface area (Å²) in [5.74, 6) is 0.280. The van der Waals surface area contributed by atoms with Crippen molar-refractivity contribution < 1.29 is 4.79 Å². The number of allylic oxidation sites excluding steroid dienone is 1. The standard InChI is InChI=1S/C17H30N2O/c1-14-7-6-8-15(2)19(14)17(20)13-18-12-11-16-9-4-3-5-10-16/h9,14-15,18H,3-8,10-13H2,1-2H3. The summed E-state index contributed by atoms with van der Waals surface area (Å²) in [7, 11) is 0. The molecule has 1 aliphatic heterocycles. The van der Waals surface area contributed by atoms with Gasteiger partial charge in [0.2, 0.25) is 5.91 Å². The van der Waals surface area contributed by atoms with E-state index >= 15 is 0 Å². The summed E-state index contributed by atoms with van der Waals surface area (Å²) < 4.78 is 0. The molecule has 3 heteroatoms. The number of amides is 1. The number of carbonyl (C=O) groups excluding carboxylic acids is 1. The molecule has 114 valence electrons. The Bertz CT molecular complexity index is 341. The van der Waals surface area contributed by atoms with E-state index in [-0.39, 0.29) is 5.91 Å². The molecule has 0 spiro atoms. The van der Waals surface area contributed by atoms with Crippen molar-refractivity contribution in [1.82, 2.24) is 10.2 Å². The molecule has 1 aliphatic carbocycles. The van der Waals surface area contributed by atoms with Gasteiger partial charge in [-0.1, -0.05) is 11.6 Å². The van der Waals surface area contributed by atoms with E-state index in [2.05, 4.69) is 30.1 Å². The lowest BCUT2D eigenvalue weighted by atomic mass is 9.97. The van der Waals surface area contributed by atoms with E-state index in [1.165, 1.54) is 32.1 Å². The molecule has 0 aromatic carbocycles. The minimum Gasteiger partial charge on any atom is -0.336 e. The van der Waals surface area contributed by atoms with E-state index in [1.54, 1.807) is 5.57 Å². The van der Waals surface area contributed by atoms with Gasteiger partial charge in [0.15, 0.2) is 0 Å². The molecule has 1 amide bonds. The van der Waals surface area contributed by atoms with Crippen LogP contribution < -0.4 is 5.32 Å². The first-order chi connectivity index (χ1) is 9.68. The lowest BCUT2D eigenvalue weighted by molar-refractivity contribution is -0.136. The maximum absolute atomic E-state index is 12.3. The van der Waals surface area contributed by atoms with Gasteiger partial charge in [-0.05, 0) is 71.8 Å². The van der Waals surface area contributed by atoms with E-state index in [1.807, 2.05) is 0 Å². The smallest absolute Gasteiger partial charge is 0.237 e. The first-order valence-electron chi connectivity index (χ1n) is 8.38. The highest BCUT2D eigenvalue weighted by atomic mass is 16.2. The van der Waals surface area contributed by atoms with Crippen LogP contribution in [-0.4, -0.2) is 36.0 Å². The van der Waals surface area contributed by atoms with Crippen LogP contribution in [0.3, 0.4) is 0 Å². The van der Waals surface area contributed by atoms with E-state index < -0.39 is 0 Å². The van der Waals surface area contributed by atoms with Crippen molar-refractivity contribution in [3.8, 4) is 0 Å². The molecular formula is C17H30N2O. The second-order valence-electron chi connectivity index (χ2n) is 6.46. The Hall–Kier alpha value is -0.830. The van der Waals surface area contributed by atoms with Crippen LogP contribution >= 0.6 is 0 Å². The van der Waals surface area contributed by atoms with Crippen molar-refractivity contribution >= 4 is 5.91 Å². The Morgan fingerprint density at radius 3 is 2.65 bits per heavy atom. The van der Waals surface area contributed by atoms with Gasteiger partial charge in [0.1, 0.15) is 0 Å². The third-order valence-corrected chi connectivity index (χ3v) is 4.77. The fourth-order valence-electron chi connectivity index (χ4n) is 3.58. The molecule has 2 unspecified atom stereocenters. The summed E-state index contributed by atoms with van der Waals surface area (Å²) in [6, 6.07) is 0.822. The Morgan fingerprint density at radius 2 is 2.00 bits per heavy atom. The molecule has 20 heavy (non-hydrogen) atoms. The Morgan fingerprint density at radius 1 is 1.25 bits per heavy atom. The average Bonchev–Trinajstić information content (AvgIpc) is 2.44. The minimum absolute atomic E-state index is 0.280. The second-order valence-corrected chi connectivity index (χ2v) is 6.46. The topological polar surface area (TPSA) is 32.3 Å². The van der Waals surface area contributed by atoms with Crippen LogP contribution in [0.4, 0.5) is 0 Å². The molecule has 3 nitrogen and oxygen atoms in total. The van der Waals surface area contributed by atoms with Gasteiger partial charge in [-0.15, -0.1) is 0 Å². The Balaban J connectivity index is 1.67. The molecule has 2 rings (SSSR count). The van der Waals surface area contributed by atoms with Crippen LogP contribution in [0.1, 0.15) is 65.2 Å². The normalized spacial score (nSPS) is 27.3. The van der Waals surface area contributed by atoms with Crippen LogP contribution in [0.25, 0.3) is 0 Å². The van der Waals surface area contributed by atoms with Gasteiger partial charge < -0.3 is 10.2 Å². The fourth-order valence-corrected chi connectivity index (χ4v) is 3.58. The maximum atomic E-state index is 12.3. The maximum Gasteiger partial charge on any atom is 0.237 e. The molecule has 1 heterocycles. The summed E-state index contributed by atoms with van der Waals surface area (Å²) in [6.07, 6.45) is 12.3. The van der Waals surface area contributed by atoms with Crippen molar-refractivity contribution in [3.05, 3.63) is 11.6 Å². The molecule has 2 atom stereocenters. The lowest BCUT2D eigenvalue weighted by Crippen LogP contribution is -2.50. The molecule has 2 aliphatic rings. The van der Waals surface area contributed by atoms with Crippen LogP contribution in [0, 0.1) is 0 Å². The van der Waals surface area contributed by atoms with Crippen molar-refractivity contribution in [1.29, 1.82) is 0 Å². The van der Waals surface area contributed by atoms with Gasteiger partial charge in [0, 0.05) is 12.1 Å². The Labute approximate surface area is 123 Å². The molecule has 0 radical (unpaired) electrons. The van der Waals surface area contributed by atoms with Crippen LogP contribution in [-0.2, 0) is 4.79 Å². The number of piperidine rings is 1. The van der Waals surface area contributed by atoms with Crippen molar-refractivity contribution in [2.45, 2.75) is 77.3 Å². The molecule has 0 aromatic rings. The average molecular weight is 278 g/mol. The van der Waals surface area contributed by atoms with Gasteiger partial charge in [0.25, 0.3) is 0 Å². The molecular weight excluding hydrogens is 248 g/mol. The van der Waals surface area contributed by atoms with Crippen molar-refractivity contribution in [3.63, 3.8) is 0 Å². The van der Waals surface area contributed by atoms with Gasteiger partial charge >= 0.3 is 0 Å². The monoisotopic (exact) mass is 278 g/mol. The number of likely N-dealkylation sites (tertiary alicyclic amines) is 1. The zero-order valence-corrected chi connectivity index (χ0v) is 13.2. The van der Waals surface area contributed by atoms with Crippen LogP contribution in [0.2, 0.25) is 0 Å². The highest BCUT2D eigenvalue weighted by molar-refractivity contribution is 5.79. The molecule has 0 bridgehead atoms. The molecule has 1 saturated heterocycles. The predicted molar refractivity (Wildman–Crippen MR) is 83.7 cm³/mol. The number of carbonyl (C=O) groups is 1. The summed E-state index contributed by atoms with van der Waals surface area (Å²) in [5, 5.41) is 3.34. The summed E-state index contributed by atoms with van der Waals surface area (Å²) in [5.41, 5.74) is 1.58. The Kier molecular flexibility index (Phi) is 6.08. The zero-order chi connectivity index (χ0) is 14.4. The van der Waals surface area contributed by atoms with E-state index in [4.69, 9.17) is 0 Å². The minimum atomic E-state index is 0.280. The van der Waals surface area contributed by atoms with Crippen LogP contribution in [0.15, 0.2) is 11.6 Å². The quantitative estimate of drug-likeness (QED) is 0.618. The largest absolute Gasteiger partial charge is 0.336 e. The SMILES string of the molecule is CC1CCCC(C)N1C(=O)CNCCC1=CCCCC1. The second kappa shape index (κ2) is 7.82. The van der Waals surface area contributed by atoms with E-state index in [0.29, 0.717) is 18.6 Å². The number of rotatable bonds is 5. The third-order valence-electron chi connectivity index (χ3n) is 4.77. The number of nitrogens with one attached hydrogen (secondary N) is 1. The van der Waals surface area contributed by atoms with Gasteiger partial charge in [-0.25, -0.2) is 0 Å². The van der Waals surface area contributed by atoms with Gasteiger partial charge in [-0.2, -0.15) is 0 Å². The predicted octanol–water partition coefficient (Wildman–Crippen LogP) is 3.26. The van der Waals surface area contributed by atoms with Gasteiger partial charge in [0.05, 0.1) is 6.54 Å². The zero-order valence-electron chi connectivity index (χ0n) is 13.2. The number of nitrogens with zero attached hydrogens (tertiary/aromatic N) is 1. The third kappa shape index (κ3) is 4.34. The number of hydrogen-bond acceptors (Lipinski definition) is 2. The molecule has 0 saturated carbocycles. The summed E-state index contributed by atoms with van der Waals surface area (Å²) in [6.45, 7) is 5.80. The first-order valence-corrected chi connectivity index (χ1v) is 8.38. The lowest BCUT2D eigenvalue weighted by Gasteiger charge is -2.39. The highest BCUT2D eigenvalue weighted by Crippen LogP contribution is 2.22. The van der Waals surface area contributed by atoms with Crippen molar-refractivity contribution in [2.75, 3.05) is 13.1 Å². The molecule has 1 fully saturated rings. The molecule has 0 aromatic heterocycles. The summed E-state index contributed by atoms with van der Waals surface area (Å²) in [4.78, 5) is 14.4. The van der Waals surface area contributed by atoms with E-state index in [0.717, 1.165) is 25.8 Å². The van der Waals surface area contributed by atoms with Gasteiger partial charge in [-0.3, -0.25) is 4.79 Å². The molecule has 1 N–H and O–H groups in total. The fraction of sp³-hybridized carbons (Fsp3) is 0.824.